The zero-order chi connectivity index (χ0) is 21.1. The molecule has 3 aromatic rings. The minimum absolute atomic E-state index is 0.102. The largest absolute Gasteiger partial charge is 0.337 e. The number of likely N-dealkylation sites (tertiary alicyclic amines) is 1. The van der Waals surface area contributed by atoms with E-state index in [1.54, 1.807) is 29.4 Å². The number of H-pyrrole nitrogens is 1. The van der Waals surface area contributed by atoms with Crippen LogP contribution in [-0.2, 0) is 4.79 Å². The van der Waals surface area contributed by atoms with Crippen LogP contribution < -0.4 is 5.32 Å². The van der Waals surface area contributed by atoms with Gasteiger partial charge >= 0.3 is 0 Å². The number of benzene rings is 1. The highest BCUT2D eigenvalue weighted by Gasteiger charge is 2.30. The lowest BCUT2D eigenvalue weighted by molar-refractivity contribution is -0.121. The van der Waals surface area contributed by atoms with Crippen molar-refractivity contribution in [3.63, 3.8) is 0 Å². The molecule has 1 aliphatic heterocycles. The second-order valence-electron chi connectivity index (χ2n) is 7.45. The topological polar surface area (TPSA) is 91.0 Å². The van der Waals surface area contributed by atoms with Crippen molar-refractivity contribution in [2.75, 3.05) is 18.4 Å². The second-order valence-corrected chi connectivity index (χ2v) is 7.85. The van der Waals surface area contributed by atoms with Gasteiger partial charge < -0.3 is 10.2 Å². The van der Waals surface area contributed by atoms with E-state index < -0.39 is 0 Å². The van der Waals surface area contributed by atoms with Gasteiger partial charge in [-0.25, -0.2) is 0 Å². The molecule has 1 atom stereocenters. The standard InChI is InChI=1S/C22H22ClN5O2/c1-14-4-5-17(11-18(14)23)25-21(29)16-3-2-10-28(13-16)22(30)20-12-19(26-27-20)15-6-8-24-9-7-15/h4-9,11-12,16H,2-3,10,13H2,1H3,(H,25,29)(H,26,27)/t16-/m1/s1. The highest BCUT2D eigenvalue weighted by Crippen LogP contribution is 2.24. The number of halogens is 1. The van der Waals surface area contributed by atoms with E-state index in [-0.39, 0.29) is 17.7 Å². The fraction of sp³-hybridized carbons (Fsp3) is 0.273. The molecular formula is C22H22ClN5O2. The molecule has 2 N–H and O–H groups in total. The molecule has 2 amide bonds. The van der Waals surface area contributed by atoms with Gasteiger partial charge in [0.1, 0.15) is 5.69 Å². The average molecular weight is 424 g/mol. The normalized spacial score (nSPS) is 16.3. The van der Waals surface area contributed by atoms with Gasteiger partial charge in [0.15, 0.2) is 0 Å². The molecule has 0 unspecified atom stereocenters. The number of aromatic nitrogens is 3. The number of hydrogen-bond acceptors (Lipinski definition) is 4. The molecule has 1 saturated heterocycles. The van der Waals surface area contributed by atoms with Crippen molar-refractivity contribution in [1.29, 1.82) is 0 Å². The summed E-state index contributed by atoms with van der Waals surface area (Å²) in [7, 11) is 0. The van der Waals surface area contributed by atoms with Gasteiger partial charge in [0.25, 0.3) is 5.91 Å². The summed E-state index contributed by atoms with van der Waals surface area (Å²) in [6, 6.07) is 10.8. The molecule has 0 radical (unpaired) electrons. The van der Waals surface area contributed by atoms with Crippen LogP contribution in [0.25, 0.3) is 11.3 Å². The van der Waals surface area contributed by atoms with Gasteiger partial charge in [-0.1, -0.05) is 17.7 Å². The summed E-state index contributed by atoms with van der Waals surface area (Å²) >= 11 is 6.14. The van der Waals surface area contributed by atoms with Gasteiger partial charge in [-0.15, -0.1) is 0 Å². The Morgan fingerprint density at radius 3 is 2.77 bits per heavy atom. The number of aromatic amines is 1. The van der Waals surface area contributed by atoms with Crippen LogP contribution in [0, 0.1) is 12.8 Å². The van der Waals surface area contributed by atoms with E-state index in [0.29, 0.717) is 35.2 Å². The number of carbonyl (C=O) groups excluding carboxylic acids is 2. The zero-order valence-electron chi connectivity index (χ0n) is 16.6. The minimum Gasteiger partial charge on any atom is -0.337 e. The van der Waals surface area contributed by atoms with Crippen molar-refractivity contribution in [2.24, 2.45) is 5.92 Å². The summed E-state index contributed by atoms with van der Waals surface area (Å²) in [5, 5.41) is 10.6. The van der Waals surface area contributed by atoms with Crippen molar-refractivity contribution in [2.45, 2.75) is 19.8 Å². The molecule has 1 fully saturated rings. The summed E-state index contributed by atoms with van der Waals surface area (Å²) in [6.07, 6.45) is 4.87. The number of piperidine rings is 1. The van der Waals surface area contributed by atoms with E-state index in [9.17, 15) is 9.59 Å². The monoisotopic (exact) mass is 423 g/mol. The lowest BCUT2D eigenvalue weighted by Crippen LogP contribution is -2.43. The van der Waals surface area contributed by atoms with E-state index in [4.69, 9.17) is 11.6 Å². The fourth-order valence-corrected chi connectivity index (χ4v) is 3.74. The summed E-state index contributed by atoms with van der Waals surface area (Å²) in [4.78, 5) is 31.4. The van der Waals surface area contributed by atoms with Crippen LogP contribution in [0.4, 0.5) is 5.69 Å². The number of anilines is 1. The number of rotatable bonds is 4. The fourth-order valence-electron chi connectivity index (χ4n) is 3.56. The Kier molecular flexibility index (Phi) is 5.81. The van der Waals surface area contributed by atoms with E-state index >= 15 is 0 Å². The highest BCUT2D eigenvalue weighted by atomic mass is 35.5. The van der Waals surface area contributed by atoms with Crippen LogP contribution in [0.5, 0.6) is 0 Å². The number of carbonyl (C=O) groups is 2. The van der Waals surface area contributed by atoms with Crippen LogP contribution >= 0.6 is 11.6 Å². The number of amides is 2. The van der Waals surface area contributed by atoms with Crippen LogP contribution in [-0.4, -0.2) is 45.0 Å². The average Bonchev–Trinajstić information content (AvgIpc) is 3.27. The second kappa shape index (κ2) is 8.67. The van der Waals surface area contributed by atoms with E-state index in [2.05, 4.69) is 20.5 Å². The van der Waals surface area contributed by atoms with Gasteiger partial charge in [-0.2, -0.15) is 5.10 Å². The first-order valence-electron chi connectivity index (χ1n) is 9.83. The lowest BCUT2D eigenvalue weighted by atomic mass is 9.96. The lowest BCUT2D eigenvalue weighted by Gasteiger charge is -2.31. The number of hydrogen-bond donors (Lipinski definition) is 2. The van der Waals surface area contributed by atoms with Crippen LogP contribution in [0.1, 0.15) is 28.9 Å². The van der Waals surface area contributed by atoms with Gasteiger partial charge in [-0.3, -0.25) is 19.7 Å². The molecule has 2 aromatic heterocycles. The first-order chi connectivity index (χ1) is 14.5. The third-order valence-corrected chi connectivity index (χ3v) is 5.71. The summed E-state index contributed by atoms with van der Waals surface area (Å²) in [5.74, 6) is -0.529. The van der Waals surface area contributed by atoms with Crippen molar-refractivity contribution in [1.82, 2.24) is 20.1 Å². The first kappa shape index (κ1) is 20.1. The molecule has 0 bridgehead atoms. The molecule has 30 heavy (non-hydrogen) atoms. The smallest absolute Gasteiger partial charge is 0.271 e. The van der Waals surface area contributed by atoms with Crippen molar-refractivity contribution < 1.29 is 9.59 Å². The molecule has 0 spiro atoms. The molecule has 1 aromatic carbocycles. The quantitative estimate of drug-likeness (QED) is 0.665. The predicted molar refractivity (Wildman–Crippen MR) is 115 cm³/mol. The predicted octanol–water partition coefficient (Wildman–Crippen LogP) is 3.92. The van der Waals surface area contributed by atoms with Crippen LogP contribution in [0.2, 0.25) is 5.02 Å². The van der Waals surface area contributed by atoms with Gasteiger partial charge in [-0.05, 0) is 55.7 Å². The van der Waals surface area contributed by atoms with Gasteiger partial charge in [0.05, 0.1) is 11.6 Å². The summed E-state index contributed by atoms with van der Waals surface area (Å²) < 4.78 is 0. The Balaban J connectivity index is 1.42. The Morgan fingerprint density at radius 1 is 1.20 bits per heavy atom. The van der Waals surface area contributed by atoms with E-state index in [0.717, 1.165) is 24.0 Å². The Bertz CT molecular complexity index is 1070. The van der Waals surface area contributed by atoms with Gasteiger partial charge in [0.2, 0.25) is 5.91 Å². The van der Waals surface area contributed by atoms with Crippen molar-refractivity contribution >= 4 is 29.1 Å². The van der Waals surface area contributed by atoms with Gasteiger partial charge in [0, 0.05) is 41.8 Å². The van der Waals surface area contributed by atoms with E-state index in [1.807, 2.05) is 31.2 Å². The highest BCUT2D eigenvalue weighted by molar-refractivity contribution is 6.31. The molecule has 4 rings (SSSR count). The molecule has 1 aliphatic rings. The minimum atomic E-state index is -0.273. The summed E-state index contributed by atoms with van der Waals surface area (Å²) in [5.41, 5.74) is 3.59. The van der Waals surface area contributed by atoms with Crippen LogP contribution in [0.15, 0.2) is 48.8 Å². The third kappa shape index (κ3) is 4.36. The molecule has 3 heterocycles. The molecule has 7 nitrogen and oxygen atoms in total. The number of nitrogens with zero attached hydrogens (tertiary/aromatic N) is 3. The van der Waals surface area contributed by atoms with Crippen molar-refractivity contribution in [3.8, 4) is 11.3 Å². The Labute approximate surface area is 179 Å². The number of aryl methyl sites for hydroxylation is 1. The maximum absolute atomic E-state index is 12.9. The maximum atomic E-state index is 12.9. The molecule has 8 heteroatoms. The number of nitrogens with one attached hydrogen (secondary N) is 2. The molecule has 154 valence electrons. The summed E-state index contributed by atoms with van der Waals surface area (Å²) in [6.45, 7) is 2.89. The zero-order valence-corrected chi connectivity index (χ0v) is 17.3. The molecule has 0 aliphatic carbocycles. The first-order valence-corrected chi connectivity index (χ1v) is 10.2. The van der Waals surface area contributed by atoms with Crippen molar-refractivity contribution in [3.05, 3.63) is 65.1 Å². The Hall–Kier alpha value is -3.19. The maximum Gasteiger partial charge on any atom is 0.271 e. The van der Waals surface area contributed by atoms with Crippen LogP contribution in [0.3, 0.4) is 0 Å². The SMILES string of the molecule is Cc1ccc(NC(=O)[C@@H]2CCCN(C(=O)c3cc(-c4ccncc4)n[nH]3)C2)cc1Cl. The number of pyridine rings is 1. The Morgan fingerprint density at radius 2 is 2.00 bits per heavy atom. The molecule has 0 saturated carbocycles. The third-order valence-electron chi connectivity index (χ3n) is 5.30. The molecular weight excluding hydrogens is 402 g/mol. The van der Waals surface area contributed by atoms with E-state index in [1.165, 1.54) is 0 Å².